The highest BCUT2D eigenvalue weighted by atomic mass is 19.4. The van der Waals surface area contributed by atoms with E-state index >= 15 is 0 Å². The summed E-state index contributed by atoms with van der Waals surface area (Å²) in [5, 5.41) is 9.00. The topological polar surface area (TPSA) is 62.7 Å². The molecule has 0 aliphatic heterocycles. The first-order valence-corrected chi connectivity index (χ1v) is 5.81. The number of pyridine rings is 1. The summed E-state index contributed by atoms with van der Waals surface area (Å²) >= 11 is 0. The van der Waals surface area contributed by atoms with Crippen molar-refractivity contribution in [2.45, 2.75) is 6.18 Å². The van der Waals surface area contributed by atoms with Gasteiger partial charge in [0.1, 0.15) is 11.6 Å². The van der Waals surface area contributed by atoms with E-state index in [0.29, 0.717) is 5.56 Å². The van der Waals surface area contributed by atoms with E-state index in [1.165, 1.54) is 24.5 Å². The smallest absolute Gasteiger partial charge is 0.416 e. The van der Waals surface area contributed by atoms with Gasteiger partial charge in [0, 0.05) is 12.4 Å². The van der Waals surface area contributed by atoms with Crippen LogP contribution in [-0.4, -0.2) is 9.97 Å². The molecule has 0 fully saturated rings. The molecule has 104 valence electrons. The number of fused-ring (bicyclic) bond motifs is 1. The van der Waals surface area contributed by atoms with E-state index in [2.05, 4.69) is 9.97 Å². The van der Waals surface area contributed by atoms with Crippen molar-refractivity contribution in [1.29, 1.82) is 5.26 Å². The summed E-state index contributed by atoms with van der Waals surface area (Å²) in [7, 11) is 0. The summed E-state index contributed by atoms with van der Waals surface area (Å²) in [4.78, 5) is 7.82. The Bertz CT molecular complexity index is 862. The minimum atomic E-state index is -4.44. The minimum Gasteiger partial charge on any atom is -0.436 e. The second-order valence-corrected chi connectivity index (χ2v) is 4.23. The Balaban J connectivity index is 2.16. The van der Waals surface area contributed by atoms with Crippen molar-refractivity contribution in [3.8, 4) is 17.5 Å². The van der Waals surface area contributed by atoms with E-state index in [4.69, 9.17) is 9.68 Å². The zero-order chi connectivity index (χ0) is 15.0. The molecule has 1 aromatic carbocycles. The molecule has 0 radical (unpaired) electrons. The summed E-state index contributed by atoms with van der Waals surface area (Å²) in [6, 6.07) is 6.50. The third-order valence-electron chi connectivity index (χ3n) is 2.89. The SMILES string of the molecule is N#Cc1cnccc1-c1nc2cc(C(F)(F)F)ccc2o1. The van der Waals surface area contributed by atoms with Gasteiger partial charge in [0.25, 0.3) is 0 Å². The zero-order valence-corrected chi connectivity index (χ0v) is 10.3. The van der Waals surface area contributed by atoms with E-state index in [1.807, 2.05) is 6.07 Å². The van der Waals surface area contributed by atoms with Crippen LogP contribution in [0.3, 0.4) is 0 Å². The first-order chi connectivity index (χ1) is 9.99. The van der Waals surface area contributed by atoms with Crippen molar-refractivity contribution in [2.75, 3.05) is 0 Å². The summed E-state index contributed by atoms with van der Waals surface area (Å²) in [5.41, 5.74) is 0.127. The second-order valence-electron chi connectivity index (χ2n) is 4.23. The number of benzene rings is 1. The molecule has 0 aliphatic carbocycles. The van der Waals surface area contributed by atoms with Crippen molar-refractivity contribution < 1.29 is 17.6 Å². The number of hydrogen-bond donors (Lipinski definition) is 0. The summed E-state index contributed by atoms with van der Waals surface area (Å²) in [6.07, 6.45) is -1.65. The van der Waals surface area contributed by atoms with E-state index in [9.17, 15) is 13.2 Å². The number of nitriles is 1. The van der Waals surface area contributed by atoms with Gasteiger partial charge in [-0.05, 0) is 24.3 Å². The third kappa shape index (κ3) is 2.31. The highest BCUT2D eigenvalue weighted by molar-refractivity contribution is 5.78. The summed E-state index contributed by atoms with van der Waals surface area (Å²) in [6.45, 7) is 0. The van der Waals surface area contributed by atoms with Crippen LogP contribution in [0.1, 0.15) is 11.1 Å². The maximum Gasteiger partial charge on any atom is 0.416 e. The van der Waals surface area contributed by atoms with Crippen LogP contribution in [0, 0.1) is 11.3 Å². The number of halogens is 3. The number of oxazole rings is 1. The molecule has 4 nitrogen and oxygen atoms in total. The van der Waals surface area contributed by atoms with Gasteiger partial charge >= 0.3 is 6.18 Å². The van der Waals surface area contributed by atoms with Crippen LogP contribution >= 0.6 is 0 Å². The third-order valence-corrected chi connectivity index (χ3v) is 2.89. The quantitative estimate of drug-likeness (QED) is 0.684. The molecule has 0 aliphatic rings. The number of rotatable bonds is 1. The average Bonchev–Trinajstić information content (AvgIpc) is 2.89. The molecule has 0 bridgehead atoms. The van der Waals surface area contributed by atoms with Crippen LogP contribution in [0.2, 0.25) is 0 Å². The monoisotopic (exact) mass is 289 g/mol. The lowest BCUT2D eigenvalue weighted by atomic mass is 10.1. The van der Waals surface area contributed by atoms with Crippen molar-refractivity contribution in [3.05, 3.63) is 47.8 Å². The Morgan fingerprint density at radius 1 is 1.19 bits per heavy atom. The largest absolute Gasteiger partial charge is 0.436 e. The molecule has 0 unspecified atom stereocenters. The predicted octanol–water partition coefficient (Wildman–Crippen LogP) is 3.78. The molecule has 0 atom stereocenters. The van der Waals surface area contributed by atoms with E-state index in [-0.39, 0.29) is 22.6 Å². The predicted molar refractivity (Wildman–Crippen MR) is 67.0 cm³/mol. The molecule has 3 aromatic rings. The maximum absolute atomic E-state index is 12.7. The van der Waals surface area contributed by atoms with Crippen molar-refractivity contribution >= 4 is 11.1 Å². The van der Waals surface area contributed by atoms with Gasteiger partial charge in [-0.3, -0.25) is 4.98 Å². The first kappa shape index (κ1) is 13.1. The Morgan fingerprint density at radius 2 is 2.00 bits per heavy atom. The molecular weight excluding hydrogens is 283 g/mol. The lowest BCUT2D eigenvalue weighted by Crippen LogP contribution is -2.03. The molecule has 0 N–H and O–H groups in total. The Morgan fingerprint density at radius 3 is 2.71 bits per heavy atom. The van der Waals surface area contributed by atoms with Crippen LogP contribution in [0.15, 0.2) is 41.1 Å². The van der Waals surface area contributed by atoms with Gasteiger partial charge < -0.3 is 4.42 Å². The molecule has 3 rings (SSSR count). The fourth-order valence-electron chi connectivity index (χ4n) is 1.89. The Hall–Kier alpha value is -2.88. The van der Waals surface area contributed by atoms with Gasteiger partial charge in [-0.2, -0.15) is 18.4 Å². The highest BCUT2D eigenvalue weighted by Gasteiger charge is 2.31. The molecule has 2 aromatic heterocycles. The van der Waals surface area contributed by atoms with Gasteiger partial charge in [-0.1, -0.05) is 0 Å². The number of alkyl halides is 3. The number of nitrogens with zero attached hydrogens (tertiary/aromatic N) is 3. The lowest BCUT2D eigenvalue weighted by molar-refractivity contribution is -0.137. The van der Waals surface area contributed by atoms with Crippen LogP contribution in [-0.2, 0) is 6.18 Å². The molecule has 7 heteroatoms. The summed E-state index contributed by atoms with van der Waals surface area (Å²) < 4.78 is 43.4. The standard InChI is InChI=1S/C14H6F3N3O/c15-14(16,17)9-1-2-12-11(5-9)20-13(21-12)10-3-4-19-7-8(10)6-18/h1-5,7H. The minimum absolute atomic E-state index is 0.0838. The van der Waals surface area contributed by atoms with E-state index in [1.54, 1.807) is 0 Å². The molecule has 2 heterocycles. The lowest BCUT2D eigenvalue weighted by Gasteiger charge is -2.04. The van der Waals surface area contributed by atoms with Crippen molar-refractivity contribution in [2.24, 2.45) is 0 Å². The highest BCUT2D eigenvalue weighted by Crippen LogP contribution is 2.33. The number of aromatic nitrogens is 2. The zero-order valence-electron chi connectivity index (χ0n) is 10.3. The number of hydrogen-bond acceptors (Lipinski definition) is 4. The molecule has 0 amide bonds. The molecule has 0 saturated heterocycles. The Labute approximate surface area is 116 Å². The van der Waals surface area contributed by atoms with Crippen molar-refractivity contribution in [3.63, 3.8) is 0 Å². The van der Waals surface area contributed by atoms with Crippen LogP contribution in [0.4, 0.5) is 13.2 Å². The normalized spacial score (nSPS) is 11.5. The maximum atomic E-state index is 12.7. The Kier molecular flexibility index (Phi) is 2.87. The molecule has 0 spiro atoms. The second kappa shape index (κ2) is 4.59. The van der Waals surface area contributed by atoms with Crippen molar-refractivity contribution in [1.82, 2.24) is 9.97 Å². The fraction of sp³-hybridized carbons (Fsp3) is 0.0714. The van der Waals surface area contributed by atoms with Gasteiger partial charge in [0.2, 0.25) is 5.89 Å². The summed E-state index contributed by atoms with van der Waals surface area (Å²) in [5.74, 6) is 0.0864. The first-order valence-electron chi connectivity index (χ1n) is 5.81. The molecule has 0 saturated carbocycles. The van der Waals surface area contributed by atoms with E-state index < -0.39 is 11.7 Å². The van der Waals surface area contributed by atoms with Gasteiger partial charge in [0.05, 0.1) is 16.7 Å². The molecular formula is C14H6F3N3O. The van der Waals surface area contributed by atoms with Gasteiger partial charge in [-0.15, -0.1) is 0 Å². The van der Waals surface area contributed by atoms with E-state index in [0.717, 1.165) is 12.1 Å². The van der Waals surface area contributed by atoms with Gasteiger partial charge in [0.15, 0.2) is 5.58 Å². The average molecular weight is 289 g/mol. The fourth-order valence-corrected chi connectivity index (χ4v) is 1.89. The van der Waals surface area contributed by atoms with Crippen LogP contribution in [0.25, 0.3) is 22.6 Å². The van der Waals surface area contributed by atoms with Crippen LogP contribution < -0.4 is 0 Å². The van der Waals surface area contributed by atoms with Crippen LogP contribution in [0.5, 0.6) is 0 Å². The molecule has 21 heavy (non-hydrogen) atoms. The van der Waals surface area contributed by atoms with Gasteiger partial charge in [-0.25, -0.2) is 4.98 Å².